The lowest BCUT2D eigenvalue weighted by Gasteiger charge is -2.33. The Kier molecular flexibility index (Phi) is 5.43. The van der Waals surface area contributed by atoms with Crippen molar-refractivity contribution in [1.82, 2.24) is 5.32 Å². The predicted octanol–water partition coefficient (Wildman–Crippen LogP) is 3.52. The van der Waals surface area contributed by atoms with Gasteiger partial charge in [-0.1, -0.05) is 33.6 Å². The number of carbonyl (C=O) groups is 1. The molecule has 1 aliphatic rings. The SMILES string of the molecule is CC(C)(C)NC(=O)C(OCC1CCCC1)C(C)(C)C. The van der Waals surface area contributed by atoms with Gasteiger partial charge in [0.1, 0.15) is 6.10 Å². The smallest absolute Gasteiger partial charge is 0.250 e. The van der Waals surface area contributed by atoms with Crippen LogP contribution < -0.4 is 5.32 Å². The van der Waals surface area contributed by atoms with E-state index in [1.807, 2.05) is 20.8 Å². The van der Waals surface area contributed by atoms with E-state index in [1.165, 1.54) is 25.7 Å². The van der Waals surface area contributed by atoms with E-state index in [4.69, 9.17) is 4.74 Å². The van der Waals surface area contributed by atoms with Gasteiger partial charge in [-0.25, -0.2) is 0 Å². The Morgan fingerprint density at radius 1 is 1.16 bits per heavy atom. The van der Waals surface area contributed by atoms with Gasteiger partial charge in [-0.2, -0.15) is 0 Å². The number of hydrogen-bond donors (Lipinski definition) is 1. The number of carbonyl (C=O) groups excluding carboxylic acids is 1. The number of hydrogen-bond acceptors (Lipinski definition) is 2. The molecule has 3 nitrogen and oxygen atoms in total. The number of rotatable bonds is 4. The molecule has 19 heavy (non-hydrogen) atoms. The minimum Gasteiger partial charge on any atom is -0.368 e. The average Bonchev–Trinajstić information content (AvgIpc) is 2.65. The molecule has 3 heteroatoms. The van der Waals surface area contributed by atoms with Crippen molar-refractivity contribution in [2.45, 2.75) is 78.9 Å². The van der Waals surface area contributed by atoms with Crippen molar-refractivity contribution in [3.8, 4) is 0 Å². The van der Waals surface area contributed by atoms with Gasteiger partial charge in [0.05, 0.1) is 6.61 Å². The fraction of sp³-hybridized carbons (Fsp3) is 0.938. The molecule has 1 atom stereocenters. The Morgan fingerprint density at radius 3 is 2.11 bits per heavy atom. The summed E-state index contributed by atoms with van der Waals surface area (Å²) in [5.41, 5.74) is -0.384. The van der Waals surface area contributed by atoms with E-state index in [2.05, 4.69) is 26.1 Å². The Hall–Kier alpha value is -0.570. The highest BCUT2D eigenvalue weighted by atomic mass is 16.5. The molecule has 0 radical (unpaired) electrons. The summed E-state index contributed by atoms with van der Waals surface area (Å²) in [5.74, 6) is 0.658. The van der Waals surface area contributed by atoms with Gasteiger partial charge in [0.25, 0.3) is 0 Å². The first-order valence-electron chi connectivity index (χ1n) is 7.53. The van der Waals surface area contributed by atoms with Crippen LogP contribution in [0.3, 0.4) is 0 Å². The van der Waals surface area contributed by atoms with Crippen LogP contribution in [0.2, 0.25) is 0 Å². The summed E-state index contributed by atoms with van der Waals surface area (Å²) in [6.45, 7) is 12.9. The van der Waals surface area contributed by atoms with E-state index in [1.54, 1.807) is 0 Å². The largest absolute Gasteiger partial charge is 0.368 e. The molecule has 112 valence electrons. The number of amides is 1. The normalized spacial score (nSPS) is 19.5. The second-order valence-electron chi connectivity index (χ2n) is 7.97. The van der Waals surface area contributed by atoms with Gasteiger partial charge in [-0.15, -0.1) is 0 Å². The molecule has 0 bridgehead atoms. The van der Waals surface area contributed by atoms with Crippen LogP contribution in [0.25, 0.3) is 0 Å². The standard InChI is InChI=1S/C16H31NO2/c1-15(2,3)13(14(18)17-16(4,5)6)19-11-12-9-7-8-10-12/h12-13H,7-11H2,1-6H3,(H,17,18). The van der Waals surface area contributed by atoms with Gasteiger partial charge in [-0.3, -0.25) is 4.79 Å². The summed E-state index contributed by atoms with van der Waals surface area (Å²) in [5, 5.41) is 3.04. The lowest BCUT2D eigenvalue weighted by Crippen LogP contribution is -2.51. The Bertz CT molecular complexity index is 293. The van der Waals surface area contributed by atoms with Crippen LogP contribution in [0.4, 0.5) is 0 Å². The third-order valence-electron chi connectivity index (χ3n) is 3.50. The third-order valence-corrected chi connectivity index (χ3v) is 3.50. The maximum Gasteiger partial charge on any atom is 0.250 e. The van der Waals surface area contributed by atoms with Gasteiger partial charge >= 0.3 is 0 Å². The molecule has 1 amide bonds. The molecular weight excluding hydrogens is 238 g/mol. The number of nitrogens with one attached hydrogen (secondary N) is 1. The molecule has 0 aliphatic heterocycles. The molecule has 0 saturated heterocycles. The van der Waals surface area contributed by atoms with E-state index in [9.17, 15) is 4.79 Å². The second-order valence-corrected chi connectivity index (χ2v) is 7.97. The maximum atomic E-state index is 12.4. The highest BCUT2D eigenvalue weighted by Crippen LogP contribution is 2.28. The molecule has 1 aliphatic carbocycles. The van der Waals surface area contributed by atoms with Crippen LogP contribution >= 0.6 is 0 Å². The Labute approximate surface area is 118 Å². The highest BCUT2D eigenvalue weighted by Gasteiger charge is 2.34. The van der Waals surface area contributed by atoms with Crippen LogP contribution in [0.5, 0.6) is 0 Å². The Morgan fingerprint density at radius 2 is 1.68 bits per heavy atom. The first-order valence-corrected chi connectivity index (χ1v) is 7.53. The molecule has 1 unspecified atom stereocenters. The fourth-order valence-electron chi connectivity index (χ4n) is 2.56. The summed E-state index contributed by atoms with van der Waals surface area (Å²) in [7, 11) is 0. The van der Waals surface area contributed by atoms with E-state index in [0.29, 0.717) is 5.92 Å². The number of ether oxygens (including phenoxy) is 1. The topological polar surface area (TPSA) is 38.3 Å². The molecule has 1 rings (SSSR count). The maximum absolute atomic E-state index is 12.4. The van der Waals surface area contributed by atoms with Crippen molar-refractivity contribution in [2.24, 2.45) is 11.3 Å². The van der Waals surface area contributed by atoms with Crippen LogP contribution in [-0.4, -0.2) is 24.2 Å². The fourth-order valence-corrected chi connectivity index (χ4v) is 2.56. The van der Waals surface area contributed by atoms with Crippen LogP contribution in [0.1, 0.15) is 67.2 Å². The van der Waals surface area contributed by atoms with E-state index >= 15 is 0 Å². The minimum absolute atomic E-state index is 0.0120. The van der Waals surface area contributed by atoms with Crippen molar-refractivity contribution in [1.29, 1.82) is 0 Å². The average molecular weight is 269 g/mol. The molecule has 0 aromatic heterocycles. The highest BCUT2D eigenvalue weighted by molar-refractivity contribution is 5.82. The van der Waals surface area contributed by atoms with Crippen LogP contribution in [0.15, 0.2) is 0 Å². The van der Waals surface area contributed by atoms with Crippen molar-refractivity contribution in [2.75, 3.05) is 6.61 Å². The zero-order valence-electron chi connectivity index (χ0n) is 13.5. The Balaban J connectivity index is 2.58. The summed E-state index contributed by atoms with van der Waals surface area (Å²) in [6, 6.07) is 0. The second kappa shape index (κ2) is 6.25. The van der Waals surface area contributed by atoms with Crippen molar-refractivity contribution >= 4 is 5.91 Å². The zero-order valence-corrected chi connectivity index (χ0v) is 13.5. The first-order chi connectivity index (χ1) is 8.59. The molecule has 0 aromatic carbocycles. The van der Waals surface area contributed by atoms with Gasteiger partial charge in [0.2, 0.25) is 5.91 Å². The first kappa shape index (κ1) is 16.5. The van der Waals surface area contributed by atoms with E-state index in [-0.39, 0.29) is 23.0 Å². The van der Waals surface area contributed by atoms with Crippen molar-refractivity contribution in [3.05, 3.63) is 0 Å². The van der Waals surface area contributed by atoms with Crippen molar-refractivity contribution < 1.29 is 9.53 Å². The van der Waals surface area contributed by atoms with Gasteiger partial charge in [0.15, 0.2) is 0 Å². The quantitative estimate of drug-likeness (QED) is 0.848. The summed E-state index contributed by atoms with van der Waals surface area (Å²) >= 11 is 0. The molecule has 0 heterocycles. The molecular formula is C16H31NO2. The van der Waals surface area contributed by atoms with Gasteiger partial charge in [-0.05, 0) is 44.9 Å². The molecule has 1 saturated carbocycles. The monoisotopic (exact) mass is 269 g/mol. The summed E-state index contributed by atoms with van der Waals surface area (Å²) < 4.78 is 5.99. The minimum atomic E-state index is -0.368. The van der Waals surface area contributed by atoms with Crippen LogP contribution in [0, 0.1) is 11.3 Å². The molecule has 1 N–H and O–H groups in total. The molecule has 0 spiro atoms. The van der Waals surface area contributed by atoms with Gasteiger partial charge in [0, 0.05) is 5.54 Å². The lowest BCUT2D eigenvalue weighted by atomic mass is 9.87. The molecule has 1 fully saturated rings. The van der Waals surface area contributed by atoms with Gasteiger partial charge < -0.3 is 10.1 Å². The molecule has 0 aromatic rings. The predicted molar refractivity (Wildman–Crippen MR) is 79.0 cm³/mol. The van der Waals surface area contributed by atoms with E-state index < -0.39 is 0 Å². The summed E-state index contributed by atoms with van der Waals surface area (Å²) in [4.78, 5) is 12.4. The zero-order chi connectivity index (χ0) is 14.7. The lowest BCUT2D eigenvalue weighted by molar-refractivity contribution is -0.143. The van der Waals surface area contributed by atoms with E-state index in [0.717, 1.165) is 6.61 Å². The van der Waals surface area contributed by atoms with Crippen molar-refractivity contribution in [3.63, 3.8) is 0 Å². The summed E-state index contributed by atoms with van der Waals surface area (Å²) in [6.07, 6.45) is 4.74. The van der Waals surface area contributed by atoms with Crippen LogP contribution in [-0.2, 0) is 9.53 Å². The third kappa shape index (κ3) is 5.94.